The summed E-state index contributed by atoms with van der Waals surface area (Å²) in [7, 11) is 0. The third kappa shape index (κ3) is 2.91. The summed E-state index contributed by atoms with van der Waals surface area (Å²) in [6.07, 6.45) is 6.79. The van der Waals surface area contributed by atoms with Crippen LogP contribution in [0.1, 0.15) is 58.2 Å². The number of aromatic nitrogens is 2. The minimum Gasteiger partial charge on any atom is -0.296 e. The zero-order chi connectivity index (χ0) is 15.5. The molecule has 1 aliphatic rings. The number of nitrogens with zero attached hydrogens (tertiary/aromatic N) is 3. The Morgan fingerprint density at radius 1 is 1.38 bits per heavy atom. The van der Waals surface area contributed by atoms with Crippen LogP contribution < -0.4 is 11.3 Å². The van der Waals surface area contributed by atoms with E-state index in [1.165, 1.54) is 31.4 Å². The molecule has 2 rings (SSSR count). The average molecular weight is 358 g/mol. The number of hydrogen-bond acceptors (Lipinski definition) is 4. The van der Waals surface area contributed by atoms with Crippen molar-refractivity contribution in [2.45, 2.75) is 64.6 Å². The van der Waals surface area contributed by atoms with Crippen molar-refractivity contribution in [3.63, 3.8) is 0 Å². The molecule has 1 heterocycles. The van der Waals surface area contributed by atoms with Gasteiger partial charge in [0.05, 0.1) is 22.4 Å². The van der Waals surface area contributed by atoms with Crippen molar-refractivity contribution in [1.29, 1.82) is 0 Å². The number of nitrogens with one attached hydrogen (secondary N) is 1. The number of rotatable bonds is 7. The zero-order valence-electron chi connectivity index (χ0n) is 13.4. The molecule has 1 unspecified atom stereocenters. The topological polar surface area (TPSA) is 59.1 Å². The van der Waals surface area contributed by atoms with Crippen LogP contribution in [0.15, 0.2) is 10.7 Å². The van der Waals surface area contributed by atoms with E-state index in [9.17, 15) is 0 Å². The summed E-state index contributed by atoms with van der Waals surface area (Å²) in [6, 6.07) is 0.0942. The van der Waals surface area contributed by atoms with Gasteiger partial charge in [0.1, 0.15) is 0 Å². The van der Waals surface area contributed by atoms with Crippen LogP contribution in [0.5, 0.6) is 0 Å². The Balaban J connectivity index is 2.48. The SMILES string of the molecule is CCN(CC)C1(C(NN)c2c(Br)cnn2CC)CCCC1. The predicted molar refractivity (Wildman–Crippen MR) is 89.8 cm³/mol. The summed E-state index contributed by atoms with van der Waals surface area (Å²) < 4.78 is 3.10. The fourth-order valence-corrected chi connectivity index (χ4v) is 4.55. The highest BCUT2D eigenvalue weighted by Gasteiger charge is 2.47. The summed E-state index contributed by atoms with van der Waals surface area (Å²) in [6.45, 7) is 9.55. The normalized spacial score (nSPS) is 19.3. The maximum absolute atomic E-state index is 6.03. The van der Waals surface area contributed by atoms with E-state index in [0.29, 0.717) is 0 Å². The molecule has 6 heteroatoms. The van der Waals surface area contributed by atoms with E-state index in [1.54, 1.807) is 0 Å². The monoisotopic (exact) mass is 357 g/mol. The molecule has 1 aromatic rings. The molecule has 0 spiro atoms. The molecule has 5 nitrogen and oxygen atoms in total. The quantitative estimate of drug-likeness (QED) is 0.581. The zero-order valence-corrected chi connectivity index (χ0v) is 15.0. The Morgan fingerprint density at radius 2 is 2.00 bits per heavy atom. The molecular weight excluding hydrogens is 330 g/mol. The van der Waals surface area contributed by atoms with E-state index >= 15 is 0 Å². The Labute approximate surface area is 136 Å². The smallest absolute Gasteiger partial charge is 0.0823 e. The van der Waals surface area contributed by atoms with Gasteiger partial charge in [-0.2, -0.15) is 5.10 Å². The highest BCUT2D eigenvalue weighted by molar-refractivity contribution is 9.10. The van der Waals surface area contributed by atoms with Gasteiger partial charge < -0.3 is 0 Å². The molecule has 1 fully saturated rings. The molecule has 120 valence electrons. The maximum atomic E-state index is 6.03. The second-order valence-corrected chi connectivity index (χ2v) is 6.63. The summed E-state index contributed by atoms with van der Waals surface area (Å²) >= 11 is 3.67. The second kappa shape index (κ2) is 7.22. The lowest BCUT2D eigenvalue weighted by atomic mass is 9.84. The van der Waals surface area contributed by atoms with E-state index < -0.39 is 0 Å². The molecule has 21 heavy (non-hydrogen) atoms. The molecule has 1 aromatic heterocycles. The first-order valence-corrected chi connectivity index (χ1v) is 8.86. The predicted octanol–water partition coefficient (Wildman–Crippen LogP) is 2.82. The molecule has 0 radical (unpaired) electrons. The molecule has 0 bridgehead atoms. The average Bonchev–Trinajstić information content (AvgIpc) is 3.11. The lowest BCUT2D eigenvalue weighted by Crippen LogP contribution is -2.57. The second-order valence-electron chi connectivity index (χ2n) is 5.78. The Hall–Kier alpha value is -0.430. The van der Waals surface area contributed by atoms with Crippen molar-refractivity contribution in [2.24, 2.45) is 5.84 Å². The van der Waals surface area contributed by atoms with Gasteiger partial charge >= 0.3 is 0 Å². The van der Waals surface area contributed by atoms with Gasteiger partial charge in [0.2, 0.25) is 0 Å². The summed E-state index contributed by atoms with van der Waals surface area (Å²) in [5.74, 6) is 6.03. The minimum absolute atomic E-state index is 0.0910. The van der Waals surface area contributed by atoms with Crippen LogP contribution in [0.3, 0.4) is 0 Å². The van der Waals surface area contributed by atoms with Crippen molar-refractivity contribution in [2.75, 3.05) is 13.1 Å². The highest BCUT2D eigenvalue weighted by Crippen LogP contribution is 2.45. The van der Waals surface area contributed by atoms with Crippen LogP contribution in [0.25, 0.3) is 0 Å². The fourth-order valence-electron chi connectivity index (χ4n) is 4.03. The van der Waals surface area contributed by atoms with Crippen molar-refractivity contribution in [3.05, 3.63) is 16.4 Å². The maximum Gasteiger partial charge on any atom is 0.0823 e. The Bertz CT molecular complexity index is 449. The number of hydrogen-bond donors (Lipinski definition) is 2. The van der Waals surface area contributed by atoms with E-state index in [-0.39, 0.29) is 11.6 Å². The summed E-state index contributed by atoms with van der Waals surface area (Å²) in [5.41, 5.74) is 4.39. The van der Waals surface area contributed by atoms with Crippen molar-refractivity contribution in [3.8, 4) is 0 Å². The van der Waals surface area contributed by atoms with Gasteiger partial charge in [-0.3, -0.25) is 15.4 Å². The van der Waals surface area contributed by atoms with Gasteiger partial charge in [-0.25, -0.2) is 5.43 Å². The summed E-state index contributed by atoms with van der Waals surface area (Å²) in [5, 5.41) is 4.47. The molecule has 1 aliphatic carbocycles. The van der Waals surface area contributed by atoms with Crippen LogP contribution in [-0.4, -0.2) is 33.3 Å². The van der Waals surface area contributed by atoms with Gasteiger partial charge in [0.15, 0.2) is 0 Å². The number of halogens is 1. The number of aryl methyl sites for hydroxylation is 1. The third-order valence-corrected chi connectivity index (χ3v) is 5.58. The van der Waals surface area contributed by atoms with E-state index in [1.807, 2.05) is 6.20 Å². The molecule has 0 saturated heterocycles. The first-order chi connectivity index (χ1) is 10.1. The van der Waals surface area contributed by atoms with Crippen LogP contribution >= 0.6 is 15.9 Å². The molecule has 0 amide bonds. The first kappa shape index (κ1) is 16.9. The van der Waals surface area contributed by atoms with Crippen LogP contribution in [0.2, 0.25) is 0 Å². The highest BCUT2D eigenvalue weighted by atomic mass is 79.9. The third-order valence-electron chi connectivity index (χ3n) is 4.97. The number of nitrogens with two attached hydrogens (primary N) is 1. The number of hydrazine groups is 1. The lowest BCUT2D eigenvalue weighted by Gasteiger charge is -2.46. The first-order valence-electron chi connectivity index (χ1n) is 8.06. The van der Waals surface area contributed by atoms with Gasteiger partial charge in [0, 0.05) is 12.1 Å². The van der Waals surface area contributed by atoms with Gasteiger partial charge in [-0.1, -0.05) is 26.7 Å². The van der Waals surface area contributed by atoms with E-state index in [0.717, 1.165) is 24.1 Å². The van der Waals surface area contributed by atoms with Gasteiger partial charge in [0.25, 0.3) is 0 Å². The van der Waals surface area contributed by atoms with Crippen molar-refractivity contribution >= 4 is 15.9 Å². The van der Waals surface area contributed by atoms with E-state index in [2.05, 4.69) is 56.8 Å². The van der Waals surface area contributed by atoms with Gasteiger partial charge in [-0.15, -0.1) is 0 Å². The Morgan fingerprint density at radius 3 is 2.48 bits per heavy atom. The van der Waals surface area contributed by atoms with Crippen molar-refractivity contribution in [1.82, 2.24) is 20.1 Å². The van der Waals surface area contributed by atoms with Crippen molar-refractivity contribution < 1.29 is 0 Å². The molecule has 1 saturated carbocycles. The van der Waals surface area contributed by atoms with Crippen LogP contribution in [0.4, 0.5) is 0 Å². The minimum atomic E-state index is 0.0910. The lowest BCUT2D eigenvalue weighted by molar-refractivity contribution is 0.0590. The molecule has 1 atom stereocenters. The standard InChI is InChI=1S/C15H28BrN5/c1-4-20(5-2)15(9-7-8-10-15)14(19-17)13-12(16)11-18-21(13)6-3/h11,14,19H,4-10,17H2,1-3H3. The molecule has 0 aromatic carbocycles. The van der Waals surface area contributed by atoms with E-state index in [4.69, 9.17) is 5.84 Å². The molecule has 3 N–H and O–H groups in total. The fraction of sp³-hybridized carbons (Fsp3) is 0.800. The number of likely N-dealkylation sites (N-methyl/N-ethyl adjacent to an activating group) is 1. The largest absolute Gasteiger partial charge is 0.296 e. The molecular formula is C15H28BrN5. The Kier molecular flexibility index (Phi) is 5.82. The molecule has 0 aliphatic heterocycles. The van der Waals surface area contributed by atoms with Gasteiger partial charge in [-0.05, 0) is 48.8 Å². The van der Waals surface area contributed by atoms with Crippen LogP contribution in [0, 0.1) is 0 Å². The summed E-state index contributed by atoms with van der Waals surface area (Å²) in [4.78, 5) is 2.57. The van der Waals surface area contributed by atoms with Crippen LogP contribution in [-0.2, 0) is 6.54 Å².